The number of alkyl halides is 1. The zero-order valence-electron chi connectivity index (χ0n) is 9.92. The van der Waals surface area contributed by atoms with Crippen LogP contribution in [-0.4, -0.2) is 23.4 Å². The molecule has 1 aliphatic rings. The maximum Gasteiger partial charge on any atom is 0.0351 e. The average Bonchev–Trinajstić information content (AvgIpc) is 2.63. The van der Waals surface area contributed by atoms with Crippen LogP contribution in [-0.2, 0) is 13.0 Å². The van der Waals surface area contributed by atoms with E-state index in [-0.39, 0.29) is 0 Å². The lowest BCUT2D eigenvalue weighted by Gasteiger charge is -2.37. The van der Waals surface area contributed by atoms with Crippen LogP contribution in [0.5, 0.6) is 0 Å². The fourth-order valence-electron chi connectivity index (χ4n) is 2.15. The minimum absolute atomic E-state index is 0.752. The van der Waals surface area contributed by atoms with Crippen LogP contribution in [0.15, 0.2) is 12.1 Å². The molecule has 0 amide bonds. The second-order valence-corrected chi connectivity index (χ2v) is 6.10. The van der Waals surface area contributed by atoms with Crippen molar-refractivity contribution < 1.29 is 0 Å². The normalized spacial score (nSPS) is 16.7. The Morgan fingerprint density at radius 1 is 1.38 bits per heavy atom. The van der Waals surface area contributed by atoms with E-state index < -0.39 is 0 Å². The van der Waals surface area contributed by atoms with Gasteiger partial charge in [-0.3, -0.25) is 4.90 Å². The second-order valence-electron chi connectivity index (χ2n) is 4.47. The highest BCUT2D eigenvalue weighted by molar-refractivity contribution is 7.11. The van der Waals surface area contributed by atoms with Gasteiger partial charge in [-0.05, 0) is 31.4 Å². The lowest BCUT2D eigenvalue weighted by Crippen LogP contribution is -2.40. The Hall–Kier alpha value is -0.0500. The first-order chi connectivity index (χ1) is 7.83. The van der Waals surface area contributed by atoms with Gasteiger partial charge < -0.3 is 0 Å². The molecule has 0 atom stereocenters. The Balaban J connectivity index is 1.93. The maximum atomic E-state index is 5.88. The van der Waals surface area contributed by atoms with Gasteiger partial charge in [0.25, 0.3) is 0 Å². The summed E-state index contributed by atoms with van der Waals surface area (Å²) >= 11 is 7.84. The number of thiophene rings is 1. The summed E-state index contributed by atoms with van der Waals surface area (Å²) in [6, 6.07) is 5.34. The minimum Gasteiger partial charge on any atom is -0.294 e. The predicted octanol–water partition coefficient (Wildman–Crippen LogP) is 3.90. The minimum atomic E-state index is 0.752. The zero-order valence-corrected chi connectivity index (χ0v) is 11.5. The van der Waals surface area contributed by atoms with E-state index in [0.29, 0.717) is 0 Å². The van der Waals surface area contributed by atoms with Gasteiger partial charge in [0.2, 0.25) is 0 Å². The molecule has 1 fully saturated rings. The van der Waals surface area contributed by atoms with E-state index in [4.69, 9.17) is 11.6 Å². The second kappa shape index (κ2) is 6.04. The van der Waals surface area contributed by atoms with Crippen molar-refractivity contribution >= 4 is 22.9 Å². The molecule has 0 aromatic carbocycles. The van der Waals surface area contributed by atoms with Gasteiger partial charge in [-0.15, -0.1) is 22.9 Å². The van der Waals surface area contributed by atoms with Gasteiger partial charge in [-0.1, -0.05) is 13.3 Å². The van der Waals surface area contributed by atoms with E-state index in [0.717, 1.165) is 31.4 Å². The molecule has 1 heterocycles. The molecule has 90 valence electrons. The molecule has 0 saturated heterocycles. The molecule has 1 aromatic rings. The van der Waals surface area contributed by atoms with Gasteiger partial charge in [0.1, 0.15) is 0 Å². The van der Waals surface area contributed by atoms with E-state index in [9.17, 15) is 0 Å². The van der Waals surface area contributed by atoms with Gasteiger partial charge in [0.15, 0.2) is 0 Å². The summed E-state index contributed by atoms with van der Waals surface area (Å²) in [6.45, 7) is 4.35. The monoisotopic (exact) mass is 257 g/mol. The SMILES string of the molecule is CCc1ccc(CN(CCCl)C2CCC2)s1. The van der Waals surface area contributed by atoms with Crippen LogP contribution in [0.4, 0.5) is 0 Å². The lowest BCUT2D eigenvalue weighted by molar-refractivity contribution is 0.128. The van der Waals surface area contributed by atoms with E-state index in [1.54, 1.807) is 0 Å². The molecule has 0 radical (unpaired) electrons. The highest BCUT2D eigenvalue weighted by atomic mass is 35.5. The highest BCUT2D eigenvalue weighted by Crippen LogP contribution is 2.27. The third-order valence-corrected chi connectivity index (χ3v) is 4.77. The maximum absolute atomic E-state index is 5.88. The Labute approximate surface area is 107 Å². The van der Waals surface area contributed by atoms with Gasteiger partial charge in [0.05, 0.1) is 0 Å². The van der Waals surface area contributed by atoms with Gasteiger partial charge in [-0.2, -0.15) is 0 Å². The standard InChI is InChI=1S/C13H20ClNS/c1-2-12-6-7-13(16-12)10-15(9-8-14)11-4-3-5-11/h6-7,11H,2-5,8-10H2,1H3. The first-order valence-electron chi connectivity index (χ1n) is 6.21. The summed E-state index contributed by atoms with van der Waals surface area (Å²) in [5, 5.41) is 0. The topological polar surface area (TPSA) is 3.24 Å². The molecule has 16 heavy (non-hydrogen) atoms. The van der Waals surface area contributed by atoms with Crippen molar-refractivity contribution in [3.63, 3.8) is 0 Å². The number of rotatable bonds is 6. The molecule has 1 nitrogen and oxygen atoms in total. The summed E-state index contributed by atoms with van der Waals surface area (Å²) in [5.41, 5.74) is 0. The number of hydrogen-bond acceptors (Lipinski definition) is 2. The van der Waals surface area contributed by atoms with Crippen LogP contribution < -0.4 is 0 Å². The summed E-state index contributed by atoms with van der Waals surface area (Å²) in [6.07, 6.45) is 5.28. The molecule has 0 N–H and O–H groups in total. The molecular weight excluding hydrogens is 238 g/mol. The van der Waals surface area contributed by atoms with Crippen molar-refractivity contribution in [3.8, 4) is 0 Å². The number of hydrogen-bond donors (Lipinski definition) is 0. The lowest BCUT2D eigenvalue weighted by atomic mass is 9.91. The van der Waals surface area contributed by atoms with Crippen molar-refractivity contribution in [1.29, 1.82) is 0 Å². The molecule has 0 bridgehead atoms. The molecule has 0 unspecified atom stereocenters. The van der Waals surface area contributed by atoms with Crippen molar-refractivity contribution in [1.82, 2.24) is 4.90 Å². The third-order valence-electron chi connectivity index (χ3n) is 3.39. The molecule has 0 aliphatic heterocycles. The number of halogens is 1. The number of nitrogens with zero attached hydrogens (tertiary/aromatic N) is 1. The third kappa shape index (κ3) is 2.99. The summed E-state index contributed by atoms with van der Waals surface area (Å²) < 4.78 is 0. The molecule has 1 aromatic heterocycles. The Bertz CT molecular complexity index is 319. The largest absolute Gasteiger partial charge is 0.294 e. The van der Waals surface area contributed by atoms with Gasteiger partial charge in [0, 0.05) is 34.8 Å². The van der Waals surface area contributed by atoms with Crippen molar-refractivity contribution in [2.45, 2.75) is 45.2 Å². The van der Waals surface area contributed by atoms with Gasteiger partial charge in [-0.25, -0.2) is 0 Å². The Morgan fingerprint density at radius 3 is 2.62 bits per heavy atom. The van der Waals surface area contributed by atoms with Crippen LogP contribution in [0.25, 0.3) is 0 Å². The van der Waals surface area contributed by atoms with Crippen molar-refractivity contribution in [2.75, 3.05) is 12.4 Å². The average molecular weight is 258 g/mol. The first kappa shape index (κ1) is 12.4. The van der Waals surface area contributed by atoms with E-state index in [1.165, 1.54) is 29.0 Å². The van der Waals surface area contributed by atoms with Crippen LogP contribution in [0.1, 0.15) is 35.9 Å². The Morgan fingerprint density at radius 2 is 2.12 bits per heavy atom. The first-order valence-corrected chi connectivity index (χ1v) is 7.56. The molecule has 2 rings (SSSR count). The molecule has 1 saturated carbocycles. The van der Waals surface area contributed by atoms with Crippen LogP contribution in [0.3, 0.4) is 0 Å². The molecular formula is C13H20ClNS. The molecule has 0 spiro atoms. The quantitative estimate of drug-likeness (QED) is 0.699. The van der Waals surface area contributed by atoms with Crippen LogP contribution >= 0.6 is 22.9 Å². The summed E-state index contributed by atoms with van der Waals surface area (Å²) in [4.78, 5) is 5.55. The Kier molecular flexibility index (Phi) is 4.68. The summed E-state index contributed by atoms with van der Waals surface area (Å²) in [5.74, 6) is 0.752. The zero-order chi connectivity index (χ0) is 11.4. The van der Waals surface area contributed by atoms with Crippen molar-refractivity contribution in [3.05, 3.63) is 21.9 Å². The van der Waals surface area contributed by atoms with E-state index >= 15 is 0 Å². The van der Waals surface area contributed by atoms with Crippen LogP contribution in [0.2, 0.25) is 0 Å². The van der Waals surface area contributed by atoms with E-state index in [2.05, 4.69) is 24.0 Å². The smallest absolute Gasteiger partial charge is 0.0351 e. The van der Waals surface area contributed by atoms with Crippen molar-refractivity contribution in [2.24, 2.45) is 0 Å². The highest BCUT2D eigenvalue weighted by Gasteiger charge is 2.24. The fourth-order valence-corrected chi connectivity index (χ4v) is 3.35. The van der Waals surface area contributed by atoms with Gasteiger partial charge >= 0.3 is 0 Å². The van der Waals surface area contributed by atoms with Crippen LogP contribution in [0, 0.1) is 0 Å². The predicted molar refractivity (Wildman–Crippen MR) is 72.5 cm³/mol. The van der Waals surface area contributed by atoms with E-state index in [1.807, 2.05) is 11.3 Å². The summed E-state index contributed by atoms with van der Waals surface area (Å²) in [7, 11) is 0. The molecule has 3 heteroatoms. The molecule has 1 aliphatic carbocycles. The number of aryl methyl sites for hydroxylation is 1. The fraction of sp³-hybridized carbons (Fsp3) is 0.692.